The molecule has 0 atom stereocenters. The summed E-state index contributed by atoms with van der Waals surface area (Å²) < 4.78 is 22.3. The number of aromatic amines is 1. The first-order chi connectivity index (χ1) is 17.0. The van der Waals surface area contributed by atoms with Crippen LogP contribution in [0, 0.1) is 18.7 Å². The van der Waals surface area contributed by atoms with Crippen molar-refractivity contribution in [3.63, 3.8) is 0 Å². The van der Waals surface area contributed by atoms with Gasteiger partial charge in [0.05, 0.1) is 23.1 Å². The maximum Gasteiger partial charge on any atom is 0.306 e. The Morgan fingerprint density at radius 3 is 2.57 bits per heavy atom. The summed E-state index contributed by atoms with van der Waals surface area (Å²) in [5.74, 6) is -0.539. The average molecular weight is 476 g/mol. The van der Waals surface area contributed by atoms with Gasteiger partial charge in [0, 0.05) is 41.3 Å². The van der Waals surface area contributed by atoms with Gasteiger partial charge in [-0.05, 0) is 92.8 Å². The predicted octanol–water partition coefficient (Wildman–Crippen LogP) is 6.21. The summed E-state index contributed by atoms with van der Waals surface area (Å²) in [6.45, 7) is 3.26. The van der Waals surface area contributed by atoms with Crippen molar-refractivity contribution in [3.8, 4) is 5.69 Å². The van der Waals surface area contributed by atoms with Crippen LogP contribution < -0.4 is 0 Å². The van der Waals surface area contributed by atoms with Crippen LogP contribution in [0.15, 0.2) is 36.5 Å². The van der Waals surface area contributed by atoms with E-state index < -0.39 is 5.97 Å². The molecule has 7 heteroatoms. The van der Waals surface area contributed by atoms with Gasteiger partial charge in [-0.1, -0.05) is 0 Å². The maximum absolute atomic E-state index is 14.3. The van der Waals surface area contributed by atoms with E-state index in [1.54, 1.807) is 13.0 Å². The minimum Gasteiger partial charge on any atom is -0.481 e. The van der Waals surface area contributed by atoms with E-state index in [-0.39, 0.29) is 17.7 Å². The third kappa shape index (κ3) is 3.82. The Morgan fingerprint density at radius 2 is 1.86 bits per heavy atom. The number of fused-ring (bicyclic) bond motifs is 2. The molecule has 4 aromatic rings. The van der Waals surface area contributed by atoms with Crippen molar-refractivity contribution in [3.05, 3.63) is 59.2 Å². The molecule has 0 spiro atoms. The molecule has 2 aromatic heterocycles. The van der Waals surface area contributed by atoms with E-state index in [4.69, 9.17) is 4.74 Å². The van der Waals surface area contributed by atoms with Gasteiger partial charge >= 0.3 is 5.97 Å². The lowest BCUT2D eigenvalue weighted by Crippen LogP contribution is -2.23. The molecule has 35 heavy (non-hydrogen) atoms. The molecule has 2 aliphatic rings. The van der Waals surface area contributed by atoms with Crippen LogP contribution in [0.5, 0.6) is 0 Å². The molecule has 2 aromatic carbocycles. The van der Waals surface area contributed by atoms with Gasteiger partial charge < -0.3 is 14.4 Å². The molecule has 1 saturated carbocycles. The number of nitrogens with one attached hydrogen (secondary N) is 1. The lowest BCUT2D eigenvalue weighted by molar-refractivity contribution is -0.142. The van der Waals surface area contributed by atoms with Gasteiger partial charge in [-0.2, -0.15) is 5.10 Å². The zero-order valence-corrected chi connectivity index (χ0v) is 19.9. The fourth-order valence-electron chi connectivity index (χ4n) is 6.25. The number of benzene rings is 2. The number of H-pyrrole nitrogens is 1. The fourth-order valence-corrected chi connectivity index (χ4v) is 6.25. The van der Waals surface area contributed by atoms with Gasteiger partial charge in [-0.15, -0.1) is 0 Å². The van der Waals surface area contributed by atoms with Gasteiger partial charge in [0.2, 0.25) is 0 Å². The van der Waals surface area contributed by atoms with Crippen LogP contribution in [0.4, 0.5) is 4.39 Å². The minimum absolute atomic E-state index is 0.206. The first-order valence-electron chi connectivity index (χ1n) is 12.6. The number of aliphatic carboxylic acids is 1. The Balaban J connectivity index is 1.62. The van der Waals surface area contributed by atoms with Crippen molar-refractivity contribution in [2.75, 3.05) is 13.2 Å². The number of carboxylic acids is 1. The Labute approximate surface area is 203 Å². The molecule has 6 rings (SSSR count). The van der Waals surface area contributed by atoms with Gasteiger partial charge in [0.15, 0.2) is 0 Å². The largest absolute Gasteiger partial charge is 0.481 e. The van der Waals surface area contributed by atoms with Crippen molar-refractivity contribution in [2.45, 2.75) is 57.3 Å². The molecule has 0 amide bonds. The smallest absolute Gasteiger partial charge is 0.306 e. The van der Waals surface area contributed by atoms with Crippen molar-refractivity contribution >= 4 is 27.8 Å². The summed E-state index contributed by atoms with van der Waals surface area (Å²) in [5.41, 5.74) is 6.28. The van der Waals surface area contributed by atoms with Crippen LogP contribution in [0.25, 0.3) is 27.5 Å². The summed E-state index contributed by atoms with van der Waals surface area (Å²) in [4.78, 5) is 11.6. The number of hydrogen-bond acceptors (Lipinski definition) is 3. The maximum atomic E-state index is 14.3. The molecule has 182 valence electrons. The van der Waals surface area contributed by atoms with E-state index in [0.29, 0.717) is 24.3 Å². The number of aromatic nitrogens is 3. The Kier molecular flexibility index (Phi) is 5.60. The van der Waals surface area contributed by atoms with Gasteiger partial charge in [0.25, 0.3) is 0 Å². The van der Waals surface area contributed by atoms with Crippen molar-refractivity contribution in [1.82, 2.24) is 14.8 Å². The molecular formula is C28H30FN3O3. The Bertz CT molecular complexity index is 1410. The van der Waals surface area contributed by atoms with E-state index >= 15 is 0 Å². The summed E-state index contributed by atoms with van der Waals surface area (Å²) >= 11 is 0. The zero-order chi connectivity index (χ0) is 24.1. The Hall–Kier alpha value is -3.19. The predicted molar refractivity (Wildman–Crippen MR) is 133 cm³/mol. The van der Waals surface area contributed by atoms with Crippen LogP contribution in [0.2, 0.25) is 0 Å². The molecule has 1 saturated heterocycles. The highest BCUT2D eigenvalue weighted by molar-refractivity contribution is 5.99. The van der Waals surface area contributed by atoms with Crippen molar-refractivity contribution in [2.24, 2.45) is 5.92 Å². The second-order valence-electron chi connectivity index (χ2n) is 10.2. The highest BCUT2D eigenvalue weighted by Gasteiger charge is 2.34. The molecule has 6 nitrogen and oxygen atoms in total. The first kappa shape index (κ1) is 22.3. The Morgan fingerprint density at radius 1 is 1.09 bits per heavy atom. The molecule has 0 radical (unpaired) electrons. The fraction of sp³-hybridized carbons (Fsp3) is 0.429. The number of halogens is 1. The molecule has 2 N–H and O–H groups in total. The van der Waals surface area contributed by atoms with Crippen molar-refractivity contribution in [1.29, 1.82) is 0 Å². The highest BCUT2D eigenvalue weighted by atomic mass is 19.1. The number of ether oxygens (including phenoxy) is 1. The zero-order valence-electron chi connectivity index (χ0n) is 19.9. The molecule has 1 aliphatic carbocycles. The lowest BCUT2D eigenvalue weighted by Gasteiger charge is -2.31. The monoisotopic (exact) mass is 475 g/mol. The first-order valence-corrected chi connectivity index (χ1v) is 12.6. The van der Waals surface area contributed by atoms with E-state index in [1.165, 1.54) is 16.6 Å². The van der Waals surface area contributed by atoms with Crippen LogP contribution in [0.3, 0.4) is 0 Å². The number of nitrogens with zero attached hydrogens (tertiary/aromatic N) is 2. The van der Waals surface area contributed by atoms with Crippen molar-refractivity contribution < 1.29 is 19.0 Å². The van der Waals surface area contributed by atoms with Crippen LogP contribution in [-0.4, -0.2) is 39.1 Å². The topological polar surface area (TPSA) is 80.1 Å². The van der Waals surface area contributed by atoms with E-state index in [0.717, 1.165) is 61.0 Å². The SMILES string of the molecule is Cc1cc(-n2c(C3CCOCC3)c(C3CCC(C(=O)O)CC3)c3cc4[nH]ncc4cc32)ccc1F. The van der Waals surface area contributed by atoms with Gasteiger partial charge in [0.1, 0.15) is 5.82 Å². The molecule has 3 heterocycles. The van der Waals surface area contributed by atoms with Crippen LogP contribution in [0.1, 0.15) is 67.2 Å². The van der Waals surface area contributed by atoms with E-state index in [2.05, 4.69) is 26.9 Å². The number of rotatable bonds is 4. The third-order valence-corrected chi connectivity index (χ3v) is 8.10. The summed E-state index contributed by atoms with van der Waals surface area (Å²) in [6, 6.07) is 9.74. The number of aryl methyl sites for hydroxylation is 1. The molecule has 1 aliphatic heterocycles. The number of carboxylic acid groups (broad SMARTS) is 1. The molecule has 0 unspecified atom stereocenters. The average Bonchev–Trinajstić information content (AvgIpc) is 3.46. The third-order valence-electron chi connectivity index (χ3n) is 8.10. The number of carbonyl (C=O) groups is 1. The van der Waals surface area contributed by atoms with E-state index in [9.17, 15) is 14.3 Å². The molecular weight excluding hydrogens is 445 g/mol. The normalized spacial score (nSPS) is 21.7. The quantitative estimate of drug-likeness (QED) is 0.368. The summed E-state index contributed by atoms with van der Waals surface area (Å²) in [7, 11) is 0. The number of hydrogen-bond donors (Lipinski definition) is 2. The van der Waals surface area contributed by atoms with Gasteiger partial charge in [-0.3, -0.25) is 9.89 Å². The highest BCUT2D eigenvalue weighted by Crippen LogP contribution is 2.47. The standard InChI is InChI=1S/C28H30FN3O3/c1-16-12-21(6-7-23(16)29)32-25-13-20-15-30-31-24(20)14-22(25)26(27(32)18-8-10-35-11-9-18)17-2-4-19(5-3-17)28(33)34/h6-7,12-15,17-19H,2-5,8-11H2,1H3,(H,30,31)(H,33,34). The second kappa shape index (κ2) is 8.79. The molecule has 2 fully saturated rings. The van der Waals surface area contributed by atoms with Crippen LogP contribution in [-0.2, 0) is 9.53 Å². The summed E-state index contributed by atoms with van der Waals surface area (Å²) in [5, 5.41) is 19.2. The second-order valence-corrected chi connectivity index (χ2v) is 10.2. The summed E-state index contributed by atoms with van der Waals surface area (Å²) in [6.07, 6.45) is 6.82. The van der Waals surface area contributed by atoms with Gasteiger partial charge in [-0.25, -0.2) is 4.39 Å². The minimum atomic E-state index is -0.684. The van der Waals surface area contributed by atoms with E-state index in [1.807, 2.05) is 18.3 Å². The molecule has 0 bridgehead atoms. The van der Waals surface area contributed by atoms with Crippen LogP contribution >= 0.6 is 0 Å². The lowest BCUT2D eigenvalue weighted by atomic mass is 9.76.